The van der Waals surface area contributed by atoms with E-state index in [1.54, 1.807) is 0 Å². The molecule has 170 valence electrons. The molecule has 5 rings (SSSR count). The van der Waals surface area contributed by atoms with Crippen LogP contribution in [-0.2, 0) is 0 Å². The molecule has 5 nitrogen and oxygen atoms in total. The molecule has 2 aliphatic heterocycles. The van der Waals surface area contributed by atoms with Crippen molar-refractivity contribution in [2.45, 2.75) is 6.10 Å². The van der Waals surface area contributed by atoms with Crippen molar-refractivity contribution in [2.24, 2.45) is 0 Å². The molecule has 5 heteroatoms. The van der Waals surface area contributed by atoms with Crippen LogP contribution in [0.4, 0.5) is 11.4 Å². The predicted molar refractivity (Wildman–Crippen MR) is 134 cm³/mol. The molecule has 3 aromatic rings. The summed E-state index contributed by atoms with van der Waals surface area (Å²) in [4.78, 5) is 7.03. The third-order valence-electron chi connectivity index (χ3n) is 6.33. The van der Waals surface area contributed by atoms with E-state index in [0.29, 0.717) is 13.1 Å². The second-order valence-corrected chi connectivity index (χ2v) is 8.72. The van der Waals surface area contributed by atoms with Crippen LogP contribution in [0, 0.1) is 0 Å². The number of piperazine rings is 1. The molecule has 0 radical (unpaired) electrons. The van der Waals surface area contributed by atoms with Gasteiger partial charge >= 0.3 is 0 Å². The maximum Gasteiger partial charge on any atom is 0.151 e. The Hall–Kier alpha value is -3.12. The highest BCUT2D eigenvalue weighted by atomic mass is 16.5. The van der Waals surface area contributed by atoms with E-state index < -0.39 is 6.10 Å². The topological polar surface area (TPSA) is 39.2 Å². The van der Waals surface area contributed by atoms with Gasteiger partial charge in [0.1, 0.15) is 0 Å². The number of β-amino-alcohol motifs (C(OH)–C–C–N with tert-alkyl or cyclic N) is 1. The first-order valence-electron chi connectivity index (χ1n) is 11.7. The molecule has 2 aliphatic rings. The fourth-order valence-electron chi connectivity index (χ4n) is 4.60. The summed E-state index contributed by atoms with van der Waals surface area (Å²) < 4.78 is 6.07. The molecule has 1 atom stereocenters. The van der Waals surface area contributed by atoms with Crippen molar-refractivity contribution in [2.75, 3.05) is 50.7 Å². The minimum Gasteiger partial charge on any atom is -0.453 e. The second kappa shape index (κ2) is 10.2. The van der Waals surface area contributed by atoms with E-state index >= 15 is 0 Å². The van der Waals surface area contributed by atoms with Gasteiger partial charge in [-0.15, -0.1) is 0 Å². The van der Waals surface area contributed by atoms with Gasteiger partial charge in [-0.3, -0.25) is 9.80 Å². The minimum atomic E-state index is -0.450. The standard InChI is InChI=1S/C28H31N3O2/c32-24(21-30-19-17-29(18-20-30)16-8-11-23-9-2-1-3-10-23)22-31-25-12-4-6-14-27(25)33-28-15-7-5-13-26(28)31/h1-15,24,32H,16-22H2/b11-8+. The normalized spacial score (nSPS) is 17.4. The minimum absolute atomic E-state index is 0.450. The molecule has 0 aliphatic carbocycles. The first kappa shape index (κ1) is 21.7. The maximum atomic E-state index is 11.0. The SMILES string of the molecule is OC(CN1CCN(C/C=C/c2ccccc2)CC1)CN1c2ccccc2Oc2ccccc21. The van der Waals surface area contributed by atoms with Crippen LogP contribution in [0.3, 0.4) is 0 Å². The van der Waals surface area contributed by atoms with E-state index in [-0.39, 0.29) is 0 Å². The highest BCUT2D eigenvalue weighted by molar-refractivity contribution is 5.77. The summed E-state index contributed by atoms with van der Waals surface area (Å²) in [6.07, 6.45) is 3.98. The number of ether oxygens (including phenoxy) is 1. The van der Waals surface area contributed by atoms with E-state index in [1.165, 1.54) is 5.56 Å². The van der Waals surface area contributed by atoms with E-state index in [1.807, 2.05) is 42.5 Å². The molecule has 0 aromatic heterocycles. The number of anilines is 2. The average Bonchev–Trinajstić information content (AvgIpc) is 2.85. The van der Waals surface area contributed by atoms with Gasteiger partial charge in [0, 0.05) is 39.3 Å². The summed E-state index contributed by atoms with van der Waals surface area (Å²) in [5.74, 6) is 1.67. The summed E-state index contributed by atoms with van der Waals surface area (Å²) in [6, 6.07) is 26.5. The number of para-hydroxylation sites is 4. The van der Waals surface area contributed by atoms with Crippen LogP contribution in [0.15, 0.2) is 84.9 Å². The van der Waals surface area contributed by atoms with Gasteiger partial charge < -0.3 is 14.7 Å². The van der Waals surface area contributed by atoms with E-state index in [0.717, 1.165) is 55.6 Å². The number of fused-ring (bicyclic) bond motifs is 2. The number of aliphatic hydroxyl groups is 1. The van der Waals surface area contributed by atoms with Crippen molar-refractivity contribution in [1.82, 2.24) is 9.80 Å². The summed E-state index contributed by atoms with van der Waals surface area (Å²) in [5.41, 5.74) is 3.25. The molecule has 0 saturated carbocycles. The molecule has 1 N–H and O–H groups in total. The lowest BCUT2D eigenvalue weighted by molar-refractivity contribution is 0.0803. The number of rotatable bonds is 7. The molecule has 33 heavy (non-hydrogen) atoms. The highest BCUT2D eigenvalue weighted by Gasteiger charge is 2.27. The molecule has 3 aromatic carbocycles. The van der Waals surface area contributed by atoms with Crippen molar-refractivity contribution in [1.29, 1.82) is 0 Å². The molecule has 0 spiro atoms. The zero-order valence-electron chi connectivity index (χ0n) is 18.9. The quantitative estimate of drug-likeness (QED) is 0.579. The Bertz CT molecular complexity index is 1030. The Morgan fingerprint density at radius 2 is 1.30 bits per heavy atom. The van der Waals surface area contributed by atoms with Crippen molar-refractivity contribution in [3.63, 3.8) is 0 Å². The first-order valence-corrected chi connectivity index (χ1v) is 11.7. The zero-order valence-corrected chi connectivity index (χ0v) is 18.9. The third kappa shape index (κ3) is 5.28. The second-order valence-electron chi connectivity index (χ2n) is 8.72. The molecule has 1 fully saturated rings. The van der Waals surface area contributed by atoms with Gasteiger partial charge in [-0.1, -0.05) is 66.7 Å². The van der Waals surface area contributed by atoms with Gasteiger partial charge in [0.05, 0.1) is 24.0 Å². The van der Waals surface area contributed by atoms with Crippen LogP contribution >= 0.6 is 0 Å². The number of hydrogen-bond acceptors (Lipinski definition) is 5. The first-order chi connectivity index (χ1) is 16.3. The largest absolute Gasteiger partial charge is 0.453 e. The lowest BCUT2D eigenvalue weighted by atomic mass is 10.1. The summed E-state index contributed by atoms with van der Waals surface area (Å²) in [7, 11) is 0. The van der Waals surface area contributed by atoms with Crippen molar-refractivity contribution in [3.05, 3.63) is 90.5 Å². The highest BCUT2D eigenvalue weighted by Crippen LogP contribution is 2.46. The van der Waals surface area contributed by atoms with Gasteiger partial charge in [0.15, 0.2) is 11.5 Å². The van der Waals surface area contributed by atoms with Gasteiger partial charge in [-0.2, -0.15) is 0 Å². The fourth-order valence-corrected chi connectivity index (χ4v) is 4.60. The monoisotopic (exact) mass is 441 g/mol. The third-order valence-corrected chi connectivity index (χ3v) is 6.33. The summed E-state index contributed by atoms with van der Waals surface area (Å²) >= 11 is 0. The molecule has 1 saturated heterocycles. The van der Waals surface area contributed by atoms with Crippen LogP contribution < -0.4 is 9.64 Å². The van der Waals surface area contributed by atoms with Crippen molar-refractivity contribution < 1.29 is 9.84 Å². The summed E-state index contributed by atoms with van der Waals surface area (Å²) in [6.45, 7) is 6.18. The van der Waals surface area contributed by atoms with E-state index in [2.05, 4.69) is 63.2 Å². The lowest BCUT2D eigenvalue weighted by Gasteiger charge is -2.37. The van der Waals surface area contributed by atoms with E-state index in [9.17, 15) is 5.11 Å². The van der Waals surface area contributed by atoms with Crippen molar-refractivity contribution >= 4 is 17.5 Å². The van der Waals surface area contributed by atoms with E-state index in [4.69, 9.17) is 4.74 Å². The lowest BCUT2D eigenvalue weighted by Crippen LogP contribution is -2.49. The maximum absolute atomic E-state index is 11.0. The predicted octanol–water partition coefficient (Wildman–Crippen LogP) is 4.62. The Balaban J connectivity index is 1.14. The molecular formula is C28H31N3O2. The van der Waals surface area contributed by atoms with Crippen LogP contribution in [0.1, 0.15) is 5.56 Å². The van der Waals surface area contributed by atoms with Crippen LogP contribution in [0.5, 0.6) is 11.5 Å². The Kier molecular flexibility index (Phi) is 6.72. The van der Waals surface area contributed by atoms with Crippen LogP contribution in [0.25, 0.3) is 6.08 Å². The number of aliphatic hydroxyl groups excluding tert-OH is 1. The molecular weight excluding hydrogens is 410 g/mol. The Morgan fingerprint density at radius 3 is 1.97 bits per heavy atom. The smallest absolute Gasteiger partial charge is 0.151 e. The zero-order chi connectivity index (χ0) is 22.5. The van der Waals surface area contributed by atoms with Crippen LogP contribution in [0.2, 0.25) is 0 Å². The molecule has 0 bridgehead atoms. The Morgan fingerprint density at radius 1 is 0.727 bits per heavy atom. The van der Waals surface area contributed by atoms with Gasteiger partial charge in [0.2, 0.25) is 0 Å². The molecule has 2 heterocycles. The van der Waals surface area contributed by atoms with Gasteiger partial charge in [-0.25, -0.2) is 0 Å². The van der Waals surface area contributed by atoms with Gasteiger partial charge in [-0.05, 0) is 29.8 Å². The average molecular weight is 442 g/mol. The van der Waals surface area contributed by atoms with Crippen molar-refractivity contribution in [3.8, 4) is 11.5 Å². The van der Waals surface area contributed by atoms with Crippen LogP contribution in [-0.4, -0.2) is 66.8 Å². The molecule has 0 amide bonds. The molecule has 1 unspecified atom stereocenters. The number of benzene rings is 3. The Labute approximate surface area is 196 Å². The fraction of sp³-hybridized carbons (Fsp3) is 0.286. The number of hydrogen-bond donors (Lipinski definition) is 1. The summed E-state index contributed by atoms with van der Waals surface area (Å²) in [5, 5.41) is 11.0. The van der Waals surface area contributed by atoms with Gasteiger partial charge in [0.25, 0.3) is 0 Å². The number of nitrogens with zero attached hydrogens (tertiary/aromatic N) is 3.